The van der Waals surface area contributed by atoms with Crippen LogP contribution in [0.15, 0.2) is 27.3 Å². The van der Waals surface area contributed by atoms with Crippen molar-refractivity contribution < 1.29 is 14.3 Å². The number of carboxylic acids is 1. The average Bonchev–Trinajstić information content (AvgIpc) is 2.54. The molecule has 0 fully saturated rings. The molecule has 0 spiro atoms. The molecule has 0 bridgehead atoms. The van der Waals surface area contributed by atoms with Crippen LogP contribution in [0.5, 0.6) is 0 Å². The van der Waals surface area contributed by atoms with Gasteiger partial charge < -0.3 is 9.52 Å². The molecule has 1 aromatic heterocycles. The minimum absolute atomic E-state index is 0.0270. The van der Waals surface area contributed by atoms with Crippen molar-refractivity contribution in [1.82, 2.24) is 0 Å². The van der Waals surface area contributed by atoms with E-state index in [1.54, 1.807) is 0 Å². The third-order valence-electron chi connectivity index (χ3n) is 2.54. The van der Waals surface area contributed by atoms with Crippen molar-refractivity contribution in [3.63, 3.8) is 0 Å². The van der Waals surface area contributed by atoms with Gasteiger partial charge in [-0.15, -0.1) is 0 Å². The van der Waals surface area contributed by atoms with Crippen LogP contribution >= 0.6 is 15.9 Å². The quantitative estimate of drug-likeness (QED) is 0.939. The zero-order chi connectivity index (χ0) is 11.7. The fourth-order valence-electron chi connectivity index (χ4n) is 1.70. The highest BCUT2D eigenvalue weighted by atomic mass is 79.9. The zero-order valence-electron chi connectivity index (χ0n) is 8.79. The van der Waals surface area contributed by atoms with Crippen molar-refractivity contribution >= 4 is 32.9 Å². The van der Waals surface area contributed by atoms with E-state index in [-0.39, 0.29) is 6.42 Å². The minimum atomic E-state index is -0.856. The van der Waals surface area contributed by atoms with Gasteiger partial charge in [-0.1, -0.05) is 13.0 Å². The van der Waals surface area contributed by atoms with Crippen molar-refractivity contribution in [1.29, 1.82) is 0 Å². The standard InChI is InChI=1S/C12H11BrO3/c1-2-7-3-4-10-8(5-7)9(6-11(14)15)12(13)16-10/h3-5H,2,6H2,1H3,(H,14,15). The summed E-state index contributed by atoms with van der Waals surface area (Å²) in [5.74, 6) is -0.856. The van der Waals surface area contributed by atoms with Gasteiger partial charge >= 0.3 is 5.97 Å². The summed E-state index contributed by atoms with van der Waals surface area (Å²) in [6.07, 6.45) is 0.895. The van der Waals surface area contributed by atoms with Gasteiger partial charge in [0, 0.05) is 10.9 Å². The van der Waals surface area contributed by atoms with Crippen LogP contribution in [0.3, 0.4) is 0 Å². The molecule has 0 radical (unpaired) electrons. The topological polar surface area (TPSA) is 50.4 Å². The fourth-order valence-corrected chi connectivity index (χ4v) is 2.23. The van der Waals surface area contributed by atoms with Gasteiger partial charge in [-0.3, -0.25) is 4.79 Å². The highest BCUT2D eigenvalue weighted by Crippen LogP contribution is 2.31. The number of aryl methyl sites for hydroxylation is 1. The summed E-state index contributed by atoms with van der Waals surface area (Å²) in [5, 5.41) is 9.72. The number of furan rings is 1. The lowest BCUT2D eigenvalue weighted by Gasteiger charge is -1.97. The Balaban J connectivity index is 2.61. The average molecular weight is 283 g/mol. The Morgan fingerprint density at radius 2 is 2.25 bits per heavy atom. The molecule has 2 aromatic rings. The number of carbonyl (C=O) groups is 1. The summed E-state index contributed by atoms with van der Waals surface area (Å²) in [5.41, 5.74) is 2.60. The van der Waals surface area contributed by atoms with Gasteiger partial charge in [0.25, 0.3) is 0 Å². The molecule has 0 unspecified atom stereocenters. The normalized spacial score (nSPS) is 10.9. The molecule has 0 saturated heterocycles. The largest absolute Gasteiger partial charge is 0.481 e. The maximum Gasteiger partial charge on any atom is 0.308 e. The van der Waals surface area contributed by atoms with Crippen LogP contribution in [0.25, 0.3) is 11.0 Å². The minimum Gasteiger partial charge on any atom is -0.481 e. The molecule has 2 rings (SSSR count). The van der Waals surface area contributed by atoms with E-state index in [2.05, 4.69) is 22.9 Å². The van der Waals surface area contributed by atoms with Gasteiger partial charge in [0.2, 0.25) is 0 Å². The fraction of sp³-hybridized carbons (Fsp3) is 0.250. The monoisotopic (exact) mass is 282 g/mol. The summed E-state index contributed by atoms with van der Waals surface area (Å²) in [6.45, 7) is 2.06. The molecule has 0 atom stereocenters. The lowest BCUT2D eigenvalue weighted by Crippen LogP contribution is -1.99. The molecule has 1 heterocycles. The molecule has 4 heteroatoms. The van der Waals surface area contributed by atoms with Crippen molar-refractivity contribution in [3.8, 4) is 0 Å². The molecular formula is C12H11BrO3. The predicted octanol–water partition coefficient (Wildman–Crippen LogP) is 3.38. The van der Waals surface area contributed by atoms with Crippen molar-refractivity contribution in [2.75, 3.05) is 0 Å². The van der Waals surface area contributed by atoms with E-state index in [0.717, 1.165) is 17.4 Å². The number of aliphatic carboxylic acids is 1. The van der Waals surface area contributed by atoms with Crippen LogP contribution in [0, 0.1) is 0 Å². The predicted molar refractivity (Wildman–Crippen MR) is 64.6 cm³/mol. The molecule has 1 N–H and O–H groups in total. The molecule has 16 heavy (non-hydrogen) atoms. The first-order valence-electron chi connectivity index (χ1n) is 5.03. The van der Waals surface area contributed by atoms with Gasteiger partial charge in [-0.25, -0.2) is 0 Å². The van der Waals surface area contributed by atoms with Crippen LogP contribution in [0.4, 0.5) is 0 Å². The molecule has 0 aliphatic heterocycles. The lowest BCUT2D eigenvalue weighted by molar-refractivity contribution is -0.136. The Morgan fingerprint density at radius 1 is 1.50 bits per heavy atom. The summed E-state index contributed by atoms with van der Waals surface area (Å²) < 4.78 is 5.96. The number of hydrogen-bond donors (Lipinski definition) is 1. The molecule has 0 amide bonds. The molecule has 0 saturated carbocycles. The first kappa shape index (κ1) is 11.2. The molecule has 0 aliphatic rings. The van der Waals surface area contributed by atoms with Gasteiger partial charge in [-0.05, 0) is 40.0 Å². The summed E-state index contributed by atoms with van der Waals surface area (Å²) in [6, 6.07) is 5.86. The molecule has 1 aromatic carbocycles. The summed E-state index contributed by atoms with van der Waals surface area (Å²) in [4.78, 5) is 10.8. The van der Waals surface area contributed by atoms with E-state index in [9.17, 15) is 4.79 Å². The number of rotatable bonds is 3. The lowest BCUT2D eigenvalue weighted by atomic mass is 10.1. The van der Waals surface area contributed by atoms with E-state index in [1.165, 1.54) is 5.56 Å². The number of benzene rings is 1. The second-order valence-electron chi connectivity index (χ2n) is 3.61. The Kier molecular flexibility index (Phi) is 3.01. The third-order valence-corrected chi connectivity index (χ3v) is 3.18. The zero-order valence-corrected chi connectivity index (χ0v) is 10.4. The Bertz CT molecular complexity index is 542. The highest BCUT2D eigenvalue weighted by molar-refractivity contribution is 9.10. The molecule has 84 valence electrons. The van der Waals surface area contributed by atoms with E-state index in [4.69, 9.17) is 9.52 Å². The number of halogens is 1. The number of hydrogen-bond acceptors (Lipinski definition) is 2. The first-order valence-corrected chi connectivity index (χ1v) is 5.82. The first-order chi connectivity index (χ1) is 7.61. The van der Waals surface area contributed by atoms with Crippen LogP contribution in [0.1, 0.15) is 18.1 Å². The molecular weight excluding hydrogens is 272 g/mol. The maximum absolute atomic E-state index is 10.8. The van der Waals surface area contributed by atoms with Gasteiger partial charge in [-0.2, -0.15) is 0 Å². The number of fused-ring (bicyclic) bond motifs is 1. The highest BCUT2D eigenvalue weighted by Gasteiger charge is 2.15. The van der Waals surface area contributed by atoms with Gasteiger partial charge in [0.15, 0.2) is 4.67 Å². The van der Waals surface area contributed by atoms with Gasteiger partial charge in [0.1, 0.15) is 5.58 Å². The van der Waals surface area contributed by atoms with Crippen LogP contribution in [-0.2, 0) is 17.6 Å². The number of carboxylic acid groups (broad SMARTS) is 1. The van der Waals surface area contributed by atoms with Crippen LogP contribution < -0.4 is 0 Å². The van der Waals surface area contributed by atoms with E-state index < -0.39 is 5.97 Å². The van der Waals surface area contributed by atoms with E-state index in [1.807, 2.05) is 18.2 Å². The second-order valence-corrected chi connectivity index (χ2v) is 4.33. The van der Waals surface area contributed by atoms with Crippen molar-refractivity contribution in [2.45, 2.75) is 19.8 Å². The molecule has 3 nitrogen and oxygen atoms in total. The Labute approximate surface area is 101 Å². The summed E-state index contributed by atoms with van der Waals surface area (Å²) >= 11 is 3.25. The summed E-state index contributed by atoms with van der Waals surface area (Å²) in [7, 11) is 0. The Morgan fingerprint density at radius 3 is 2.88 bits per heavy atom. The van der Waals surface area contributed by atoms with Crippen LogP contribution in [0.2, 0.25) is 0 Å². The van der Waals surface area contributed by atoms with E-state index >= 15 is 0 Å². The Hall–Kier alpha value is -1.29. The molecule has 0 aliphatic carbocycles. The third kappa shape index (κ3) is 1.97. The van der Waals surface area contributed by atoms with Crippen molar-refractivity contribution in [3.05, 3.63) is 34.0 Å². The van der Waals surface area contributed by atoms with E-state index in [0.29, 0.717) is 10.2 Å². The van der Waals surface area contributed by atoms with Crippen LogP contribution in [-0.4, -0.2) is 11.1 Å². The van der Waals surface area contributed by atoms with Gasteiger partial charge in [0.05, 0.1) is 6.42 Å². The maximum atomic E-state index is 10.8. The smallest absolute Gasteiger partial charge is 0.308 e. The SMILES string of the molecule is CCc1ccc2oc(Br)c(CC(=O)O)c2c1. The second kappa shape index (κ2) is 4.29. The van der Waals surface area contributed by atoms with Crippen molar-refractivity contribution in [2.24, 2.45) is 0 Å².